The molecule has 1 aliphatic heterocycles. The molecule has 6 nitrogen and oxygen atoms in total. The number of nitrogens with zero attached hydrogens (tertiary/aromatic N) is 3. The van der Waals surface area contributed by atoms with E-state index >= 15 is 0 Å². The van der Waals surface area contributed by atoms with Gasteiger partial charge >= 0.3 is 0 Å². The fraction of sp³-hybridized carbons (Fsp3) is 0.421. The van der Waals surface area contributed by atoms with Gasteiger partial charge in [-0.1, -0.05) is 32.1 Å². The summed E-state index contributed by atoms with van der Waals surface area (Å²) in [6.45, 7) is 9.49. The molecule has 4 rings (SSSR count). The number of benzene rings is 1. The molecule has 2 aromatic heterocycles. The fourth-order valence-corrected chi connectivity index (χ4v) is 4.72. The molecular weight excluding hydrogens is 380 g/mol. The summed E-state index contributed by atoms with van der Waals surface area (Å²) >= 11 is 3.09. The fourth-order valence-electron chi connectivity index (χ4n) is 2.80. The highest BCUT2D eigenvalue weighted by Crippen LogP contribution is 2.32. The average Bonchev–Trinajstić information content (AvgIpc) is 3.29. The summed E-state index contributed by atoms with van der Waals surface area (Å²) < 4.78 is 6.47. The molecular formula is C19H22N4O2S2. The van der Waals surface area contributed by atoms with Crippen molar-refractivity contribution < 1.29 is 9.53 Å². The summed E-state index contributed by atoms with van der Waals surface area (Å²) in [5, 5.41) is 4.95. The van der Waals surface area contributed by atoms with E-state index in [1.54, 1.807) is 17.5 Å². The molecule has 1 amide bonds. The second-order valence-electron chi connectivity index (χ2n) is 7.51. The number of morpholine rings is 1. The Morgan fingerprint density at radius 3 is 2.70 bits per heavy atom. The third-order valence-electron chi connectivity index (χ3n) is 4.29. The number of anilines is 2. The highest BCUT2D eigenvalue weighted by Gasteiger charge is 2.21. The Morgan fingerprint density at radius 1 is 1.22 bits per heavy atom. The highest BCUT2D eigenvalue weighted by atomic mass is 32.1. The zero-order valence-electron chi connectivity index (χ0n) is 15.6. The van der Waals surface area contributed by atoms with E-state index in [0.29, 0.717) is 4.88 Å². The van der Waals surface area contributed by atoms with Crippen molar-refractivity contribution in [2.75, 3.05) is 36.5 Å². The van der Waals surface area contributed by atoms with Crippen LogP contribution in [-0.4, -0.2) is 42.2 Å². The van der Waals surface area contributed by atoms with Gasteiger partial charge in [0.15, 0.2) is 5.13 Å². The van der Waals surface area contributed by atoms with Crippen molar-refractivity contribution in [2.24, 2.45) is 0 Å². The van der Waals surface area contributed by atoms with Crippen molar-refractivity contribution in [3.05, 3.63) is 34.3 Å². The van der Waals surface area contributed by atoms with E-state index in [9.17, 15) is 4.79 Å². The van der Waals surface area contributed by atoms with Crippen LogP contribution in [0.25, 0.3) is 10.2 Å². The highest BCUT2D eigenvalue weighted by molar-refractivity contribution is 7.22. The van der Waals surface area contributed by atoms with Crippen molar-refractivity contribution in [1.82, 2.24) is 9.97 Å². The number of aromatic nitrogens is 2. The van der Waals surface area contributed by atoms with Gasteiger partial charge in [0.2, 0.25) is 0 Å². The van der Waals surface area contributed by atoms with Crippen LogP contribution in [0.4, 0.5) is 10.8 Å². The molecule has 3 heterocycles. The zero-order chi connectivity index (χ0) is 19.0. The molecule has 0 radical (unpaired) electrons. The second kappa shape index (κ2) is 7.18. The number of fused-ring (bicyclic) bond motifs is 1. The van der Waals surface area contributed by atoms with E-state index in [1.807, 2.05) is 18.2 Å². The number of amides is 1. The maximum Gasteiger partial charge on any atom is 0.267 e. The number of hydrogen-bond acceptors (Lipinski definition) is 7. The first-order valence-electron chi connectivity index (χ1n) is 8.91. The van der Waals surface area contributed by atoms with Crippen molar-refractivity contribution >= 4 is 49.6 Å². The van der Waals surface area contributed by atoms with Gasteiger partial charge in [0.1, 0.15) is 4.88 Å². The summed E-state index contributed by atoms with van der Waals surface area (Å²) in [5.41, 5.74) is 1.67. The van der Waals surface area contributed by atoms with Crippen LogP contribution in [0.5, 0.6) is 0 Å². The van der Waals surface area contributed by atoms with Gasteiger partial charge < -0.3 is 15.0 Å². The predicted octanol–water partition coefficient (Wildman–Crippen LogP) is 4.14. The summed E-state index contributed by atoms with van der Waals surface area (Å²) in [4.78, 5) is 24.5. The Hall–Kier alpha value is -2.03. The van der Waals surface area contributed by atoms with Crippen LogP contribution in [0, 0.1) is 0 Å². The van der Waals surface area contributed by atoms with Gasteiger partial charge in [-0.15, -0.1) is 11.3 Å². The molecule has 1 fully saturated rings. The van der Waals surface area contributed by atoms with Crippen molar-refractivity contribution in [2.45, 2.75) is 26.2 Å². The van der Waals surface area contributed by atoms with Crippen LogP contribution in [0.15, 0.2) is 24.4 Å². The van der Waals surface area contributed by atoms with Crippen LogP contribution in [0.3, 0.4) is 0 Å². The molecule has 1 saturated heterocycles. The largest absolute Gasteiger partial charge is 0.378 e. The first kappa shape index (κ1) is 18.3. The number of carbonyl (C=O) groups excluding carboxylic acids is 1. The zero-order valence-corrected chi connectivity index (χ0v) is 17.2. The van der Waals surface area contributed by atoms with Crippen LogP contribution >= 0.6 is 22.7 Å². The summed E-state index contributed by atoms with van der Waals surface area (Å²) in [6.07, 6.45) is 1.66. The van der Waals surface area contributed by atoms with Gasteiger partial charge in [0.25, 0.3) is 5.91 Å². The quantitative estimate of drug-likeness (QED) is 0.713. The number of thiazole rings is 2. The van der Waals surface area contributed by atoms with Crippen LogP contribution in [0.1, 0.15) is 35.5 Å². The van der Waals surface area contributed by atoms with Crippen molar-refractivity contribution in [3.63, 3.8) is 0 Å². The Bertz CT molecular complexity index is 968. The Balaban J connectivity index is 1.51. The van der Waals surface area contributed by atoms with E-state index in [1.165, 1.54) is 11.3 Å². The molecule has 1 N–H and O–H groups in total. The molecule has 3 aromatic rings. The molecule has 0 bridgehead atoms. The van der Waals surface area contributed by atoms with Crippen LogP contribution in [0.2, 0.25) is 0 Å². The predicted molar refractivity (Wildman–Crippen MR) is 111 cm³/mol. The molecule has 0 spiro atoms. The van der Waals surface area contributed by atoms with Gasteiger partial charge in [0.05, 0.1) is 34.6 Å². The summed E-state index contributed by atoms with van der Waals surface area (Å²) in [6, 6.07) is 5.84. The van der Waals surface area contributed by atoms with Gasteiger partial charge in [0, 0.05) is 24.2 Å². The Labute approximate surface area is 166 Å². The lowest BCUT2D eigenvalue weighted by molar-refractivity contribution is 0.103. The first-order valence-corrected chi connectivity index (χ1v) is 10.5. The molecule has 27 heavy (non-hydrogen) atoms. The lowest BCUT2D eigenvalue weighted by atomic mass is 9.98. The van der Waals surface area contributed by atoms with Gasteiger partial charge in [-0.2, -0.15) is 0 Å². The van der Waals surface area contributed by atoms with E-state index in [4.69, 9.17) is 9.72 Å². The van der Waals surface area contributed by atoms with E-state index in [-0.39, 0.29) is 11.3 Å². The van der Waals surface area contributed by atoms with Gasteiger partial charge in [-0.25, -0.2) is 9.97 Å². The molecule has 142 valence electrons. The lowest BCUT2D eigenvalue weighted by Gasteiger charge is -2.25. The maximum absolute atomic E-state index is 12.6. The summed E-state index contributed by atoms with van der Waals surface area (Å²) in [7, 11) is 0. The smallest absolute Gasteiger partial charge is 0.267 e. The number of ether oxygens (including phenoxy) is 1. The minimum absolute atomic E-state index is 0.0549. The number of hydrogen-bond donors (Lipinski definition) is 1. The molecule has 0 aliphatic carbocycles. The SMILES string of the molecule is CC(C)(C)c1ncc(C(=O)Nc2ccc3nc(N4CCOCC4)sc3c2)s1. The normalized spacial score (nSPS) is 15.3. The monoisotopic (exact) mass is 402 g/mol. The lowest BCUT2D eigenvalue weighted by Crippen LogP contribution is -2.36. The number of carbonyl (C=O) groups is 1. The third-order valence-corrected chi connectivity index (χ3v) is 6.79. The molecule has 8 heteroatoms. The van der Waals surface area contributed by atoms with E-state index in [2.05, 4.69) is 36.0 Å². The molecule has 0 unspecified atom stereocenters. The van der Waals surface area contributed by atoms with E-state index < -0.39 is 0 Å². The van der Waals surface area contributed by atoms with Crippen LogP contribution in [-0.2, 0) is 10.2 Å². The minimum Gasteiger partial charge on any atom is -0.378 e. The molecule has 1 aromatic carbocycles. The third kappa shape index (κ3) is 3.97. The molecule has 0 saturated carbocycles. The van der Waals surface area contributed by atoms with Crippen LogP contribution < -0.4 is 10.2 Å². The van der Waals surface area contributed by atoms with E-state index in [0.717, 1.165) is 52.3 Å². The average molecular weight is 403 g/mol. The number of rotatable bonds is 3. The van der Waals surface area contributed by atoms with Gasteiger partial charge in [-0.05, 0) is 18.2 Å². The number of nitrogens with one attached hydrogen (secondary N) is 1. The van der Waals surface area contributed by atoms with Crippen molar-refractivity contribution in [3.8, 4) is 0 Å². The molecule has 0 atom stereocenters. The maximum atomic E-state index is 12.6. The molecule has 1 aliphatic rings. The minimum atomic E-state index is -0.125. The Morgan fingerprint density at radius 2 is 2.00 bits per heavy atom. The Kier molecular flexibility index (Phi) is 4.88. The van der Waals surface area contributed by atoms with Crippen molar-refractivity contribution in [1.29, 1.82) is 0 Å². The second-order valence-corrected chi connectivity index (χ2v) is 9.55. The summed E-state index contributed by atoms with van der Waals surface area (Å²) in [5.74, 6) is -0.125. The topological polar surface area (TPSA) is 67.4 Å². The van der Waals surface area contributed by atoms with Gasteiger partial charge in [-0.3, -0.25) is 4.79 Å². The standard InChI is InChI=1S/C19H22N4O2S2/c1-19(2,3)17-20-11-15(26-17)16(24)21-12-4-5-13-14(10-12)27-18(22-13)23-6-8-25-9-7-23/h4-5,10-11H,6-9H2,1-3H3,(H,21,24). The first-order chi connectivity index (χ1) is 12.9.